The number of aliphatic hydroxyl groups is 1. The summed E-state index contributed by atoms with van der Waals surface area (Å²) in [6.07, 6.45) is 0. The molecule has 1 aromatic heterocycles. The lowest BCUT2D eigenvalue weighted by molar-refractivity contribution is -0.129. The number of likely N-dealkylation sites (N-methyl/N-ethyl adjacent to an activating group) is 1. The molecule has 1 N–H and O–H groups in total. The van der Waals surface area contributed by atoms with Gasteiger partial charge in [0.15, 0.2) is 11.5 Å². The summed E-state index contributed by atoms with van der Waals surface area (Å²) >= 11 is 6.24. The molecule has 33 heavy (non-hydrogen) atoms. The molecule has 0 saturated heterocycles. The fourth-order valence-electron chi connectivity index (χ4n) is 4.34. The van der Waals surface area contributed by atoms with E-state index in [9.17, 15) is 14.7 Å². The molecule has 4 rings (SSSR count). The van der Waals surface area contributed by atoms with Gasteiger partial charge in [-0.3, -0.25) is 9.59 Å². The molecule has 0 fully saturated rings. The van der Waals surface area contributed by atoms with E-state index in [4.69, 9.17) is 16.0 Å². The molecule has 7 heteroatoms. The van der Waals surface area contributed by atoms with Crippen molar-refractivity contribution >= 4 is 34.3 Å². The van der Waals surface area contributed by atoms with Gasteiger partial charge in [0, 0.05) is 23.5 Å². The first-order chi connectivity index (χ1) is 15.8. The highest BCUT2D eigenvalue weighted by Crippen LogP contribution is 2.40. The quantitative estimate of drug-likeness (QED) is 0.455. The van der Waals surface area contributed by atoms with Crippen LogP contribution in [0.25, 0.3) is 11.0 Å². The number of amides is 1. The zero-order valence-electron chi connectivity index (χ0n) is 19.0. The van der Waals surface area contributed by atoms with Crippen LogP contribution in [0.15, 0.2) is 64.3 Å². The number of aliphatic hydroxyl groups excluding tert-OH is 1. The molecular formula is C26H27ClN2O4. The normalized spacial score (nSPS) is 16.5. The number of furan rings is 1. The Morgan fingerprint density at radius 2 is 1.91 bits per heavy atom. The maximum atomic E-state index is 13.6. The predicted octanol–water partition coefficient (Wildman–Crippen LogP) is 5.31. The van der Waals surface area contributed by atoms with E-state index < -0.39 is 23.5 Å². The molecule has 1 aliphatic rings. The van der Waals surface area contributed by atoms with Crippen molar-refractivity contribution in [1.82, 2.24) is 9.80 Å². The van der Waals surface area contributed by atoms with E-state index in [0.717, 1.165) is 24.0 Å². The Kier molecular flexibility index (Phi) is 6.58. The molecule has 0 saturated carbocycles. The third-order valence-electron chi connectivity index (χ3n) is 6.16. The van der Waals surface area contributed by atoms with Crippen molar-refractivity contribution in [1.29, 1.82) is 0 Å². The second kappa shape index (κ2) is 9.41. The van der Waals surface area contributed by atoms with E-state index in [-0.39, 0.29) is 11.3 Å². The van der Waals surface area contributed by atoms with E-state index in [0.29, 0.717) is 29.3 Å². The van der Waals surface area contributed by atoms with Crippen molar-refractivity contribution in [2.45, 2.75) is 26.8 Å². The van der Waals surface area contributed by atoms with E-state index in [1.165, 1.54) is 0 Å². The number of hydrogen-bond donors (Lipinski definition) is 1. The van der Waals surface area contributed by atoms with Gasteiger partial charge in [-0.2, -0.15) is 0 Å². The molecule has 172 valence electrons. The van der Waals surface area contributed by atoms with Crippen LogP contribution in [0.1, 0.15) is 41.6 Å². The zero-order valence-corrected chi connectivity index (χ0v) is 19.7. The van der Waals surface area contributed by atoms with Crippen LogP contribution in [0.5, 0.6) is 0 Å². The summed E-state index contributed by atoms with van der Waals surface area (Å²) in [5.74, 6) is -1.53. The lowest BCUT2D eigenvalue weighted by Crippen LogP contribution is -2.38. The predicted molar refractivity (Wildman–Crippen MR) is 129 cm³/mol. The van der Waals surface area contributed by atoms with Crippen LogP contribution in [-0.4, -0.2) is 52.8 Å². The van der Waals surface area contributed by atoms with Crippen LogP contribution in [0.3, 0.4) is 0 Å². The van der Waals surface area contributed by atoms with E-state index in [2.05, 4.69) is 18.7 Å². The first kappa shape index (κ1) is 23.1. The number of halogens is 1. The summed E-state index contributed by atoms with van der Waals surface area (Å²) in [6, 6.07) is 13.6. The Morgan fingerprint density at radius 1 is 1.15 bits per heavy atom. The summed E-state index contributed by atoms with van der Waals surface area (Å²) in [4.78, 5) is 30.4. The summed E-state index contributed by atoms with van der Waals surface area (Å²) in [5, 5.41) is 12.1. The van der Waals surface area contributed by atoms with Crippen molar-refractivity contribution in [2.24, 2.45) is 0 Å². The Morgan fingerprint density at radius 3 is 2.61 bits per heavy atom. The monoisotopic (exact) mass is 466 g/mol. The SMILES string of the molecule is CCN(CC)CCN1C(=O)C(O)=C(C(=O)c2cc3cc(C)ccc3o2)C1c1cccc(Cl)c1. The van der Waals surface area contributed by atoms with E-state index in [1.807, 2.05) is 25.1 Å². The largest absolute Gasteiger partial charge is 0.503 e. The fraction of sp³-hybridized carbons (Fsp3) is 0.308. The first-order valence-corrected chi connectivity index (χ1v) is 11.5. The third kappa shape index (κ3) is 4.41. The average molecular weight is 467 g/mol. The number of carbonyl (C=O) groups is 2. The number of Topliss-reactive ketones (excluding diaryl/α,β-unsaturated/α-hetero) is 1. The molecule has 0 bridgehead atoms. The summed E-state index contributed by atoms with van der Waals surface area (Å²) < 4.78 is 5.80. The molecule has 0 radical (unpaired) electrons. The lowest BCUT2D eigenvalue weighted by atomic mass is 9.95. The van der Waals surface area contributed by atoms with Crippen molar-refractivity contribution in [2.75, 3.05) is 26.2 Å². The maximum absolute atomic E-state index is 13.6. The van der Waals surface area contributed by atoms with Crippen LogP contribution >= 0.6 is 11.6 Å². The minimum absolute atomic E-state index is 0.0117. The summed E-state index contributed by atoms with van der Waals surface area (Å²) in [5.41, 5.74) is 2.29. The molecule has 1 amide bonds. The van der Waals surface area contributed by atoms with Gasteiger partial charge in [-0.05, 0) is 55.9 Å². The average Bonchev–Trinajstić information content (AvgIpc) is 3.33. The number of nitrogens with zero attached hydrogens (tertiary/aromatic N) is 2. The number of aryl methyl sites for hydroxylation is 1. The molecule has 2 aromatic carbocycles. The van der Waals surface area contributed by atoms with Crippen molar-refractivity contribution < 1.29 is 19.1 Å². The van der Waals surface area contributed by atoms with Gasteiger partial charge < -0.3 is 19.3 Å². The molecule has 1 atom stereocenters. The van der Waals surface area contributed by atoms with Gasteiger partial charge in [-0.15, -0.1) is 0 Å². The molecular weight excluding hydrogens is 440 g/mol. The number of benzene rings is 2. The molecule has 6 nitrogen and oxygen atoms in total. The highest BCUT2D eigenvalue weighted by molar-refractivity contribution is 6.30. The van der Waals surface area contributed by atoms with Gasteiger partial charge in [-0.25, -0.2) is 0 Å². The van der Waals surface area contributed by atoms with Gasteiger partial charge in [0.25, 0.3) is 5.91 Å². The highest BCUT2D eigenvalue weighted by Gasteiger charge is 2.44. The topological polar surface area (TPSA) is 74.0 Å². The minimum atomic E-state index is -0.755. The number of carbonyl (C=O) groups excluding carboxylic acids is 2. The van der Waals surface area contributed by atoms with Crippen LogP contribution in [0.4, 0.5) is 0 Å². The third-order valence-corrected chi connectivity index (χ3v) is 6.39. The van der Waals surface area contributed by atoms with Gasteiger partial charge in [0.05, 0.1) is 11.6 Å². The summed E-state index contributed by atoms with van der Waals surface area (Å²) in [7, 11) is 0. The molecule has 0 aliphatic carbocycles. The lowest BCUT2D eigenvalue weighted by Gasteiger charge is -2.29. The second-order valence-electron chi connectivity index (χ2n) is 8.23. The summed E-state index contributed by atoms with van der Waals surface area (Å²) in [6.45, 7) is 8.72. The number of hydrogen-bond acceptors (Lipinski definition) is 5. The van der Waals surface area contributed by atoms with Gasteiger partial charge in [-0.1, -0.05) is 49.2 Å². The Balaban J connectivity index is 1.76. The van der Waals surface area contributed by atoms with Crippen molar-refractivity contribution in [3.8, 4) is 0 Å². The molecule has 0 spiro atoms. The Labute approximate surface area is 198 Å². The van der Waals surface area contributed by atoms with E-state index >= 15 is 0 Å². The van der Waals surface area contributed by atoms with Gasteiger partial charge in [0.2, 0.25) is 5.78 Å². The van der Waals surface area contributed by atoms with Crippen LogP contribution in [0, 0.1) is 6.92 Å². The first-order valence-electron chi connectivity index (χ1n) is 11.1. The second-order valence-corrected chi connectivity index (χ2v) is 8.66. The smallest absolute Gasteiger partial charge is 0.290 e. The highest BCUT2D eigenvalue weighted by atomic mass is 35.5. The van der Waals surface area contributed by atoms with Crippen LogP contribution in [0.2, 0.25) is 5.02 Å². The van der Waals surface area contributed by atoms with Crippen LogP contribution < -0.4 is 0 Å². The Hall–Kier alpha value is -3.09. The molecule has 2 heterocycles. The molecule has 3 aromatic rings. The number of fused-ring (bicyclic) bond motifs is 1. The molecule has 1 unspecified atom stereocenters. The molecule has 1 aliphatic heterocycles. The van der Waals surface area contributed by atoms with Crippen LogP contribution in [-0.2, 0) is 4.79 Å². The van der Waals surface area contributed by atoms with Crippen molar-refractivity contribution in [3.63, 3.8) is 0 Å². The van der Waals surface area contributed by atoms with Gasteiger partial charge in [0.1, 0.15) is 5.58 Å². The maximum Gasteiger partial charge on any atom is 0.290 e. The van der Waals surface area contributed by atoms with Crippen molar-refractivity contribution in [3.05, 3.63) is 81.8 Å². The minimum Gasteiger partial charge on any atom is -0.503 e. The fourth-order valence-corrected chi connectivity index (χ4v) is 4.53. The van der Waals surface area contributed by atoms with E-state index in [1.54, 1.807) is 35.2 Å². The zero-order chi connectivity index (χ0) is 23.7. The Bertz CT molecular complexity index is 1240. The standard InChI is InChI=1S/C26H27ClN2O4/c1-4-28(5-2)11-12-29-23(17-7-6-8-19(27)14-17)22(25(31)26(29)32)24(30)21-15-18-13-16(3)9-10-20(18)33-21/h6-10,13-15,23,31H,4-5,11-12H2,1-3H3. The number of ketones is 1. The number of rotatable bonds is 8. The van der Waals surface area contributed by atoms with Gasteiger partial charge >= 0.3 is 0 Å².